The Morgan fingerprint density at radius 1 is 0.964 bits per heavy atom. The van der Waals surface area contributed by atoms with Gasteiger partial charge >= 0.3 is 0 Å². The fraction of sp³-hybridized carbons (Fsp3) is 0.478. The number of piperazine rings is 1. The first-order chi connectivity index (χ1) is 13.6. The summed E-state index contributed by atoms with van der Waals surface area (Å²) in [7, 11) is 3.36. The van der Waals surface area contributed by atoms with Crippen molar-refractivity contribution in [2.45, 2.75) is 32.5 Å². The van der Waals surface area contributed by atoms with E-state index in [1.165, 1.54) is 16.7 Å². The van der Waals surface area contributed by atoms with Crippen molar-refractivity contribution >= 4 is 0 Å². The molecule has 0 spiro atoms. The molecule has 1 aliphatic heterocycles. The highest BCUT2D eigenvalue weighted by molar-refractivity contribution is 5.38. The molecule has 28 heavy (non-hydrogen) atoms. The number of hydrogen-bond acceptors (Lipinski definition) is 5. The predicted molar refractivity (Wildman–Crippen MR) is 112 cm³/mol. The van der Waals surface area contributed by atoms with E-state index in [0.29, 0.717) is 6.04 Å². The number of methoxy groups -OCH3 is 2. The minimum atomic E-state index is 0.209. The Morgan fingerprint density at radius 3 is 2.36 bits per heavy atom. The third-order valence-corrected chi connectivity index (χ3v) is 5.44. The zero-order chi connectivity index (χ0) is 19.9. The number of ether oxygens (including phenoxy) is 2. The molecule has 2 aromatic rings. The van der Waals surface area contributed by atoms with Gasteiger partial charge in [-0.2, -0.15) is 0 Å². The Hall–Kier alpha value is -2.08. The Balaban J connectivity index is 1.67. The van der Waals surface area contributed by atoms with Crippen LogP contribution in [0.15, 0.2) is 42.5 Å². The third kappa shape index (κ3) is 5.47. The standard InChI is InChI=1S/C23H32N2O3/c1-18-5-4-6-19(11-18)15-24-8-9-25(21(17-24)7-10-26)16-20-12-22(27-2)14-23(13-20)28-3/h4-6,11-14,21,26H,7-10,15-17H2,1-3H3/t21-/m1/s1. The average Bonchev–Trinajstić information content (AvgIpc) is 2.70. The lowest BCUT2D eigenvalue weighted by Crippen LogP contribution is -2.52. The van der Waals surface area contributed by atoms with Crippen LogP contribution in [0.25, 0.3) is 0 Å². The number of aryl methyl sites for hydroxylation is 1. The molecule has 1 fully saturated rings. The summed E-state index contributed by atoms with van der Waals surface area (Å²) in [6, 6.07) is 15.1. The Kier molecular flexibility index (Phi) is 7.31. The van der Waals surface area contributed by atoms with Gasteiger partial charge in [0.2, 0.25) is 0 Å². The molecule has 0 unspecified atom stereocenters. The molecule has 1 heterocycles. The maximum absolute atomic E-state index is 9.59. The molecule has 2 aromatic carbocycles. The van der Waals surface area contributed by atoms with Crippen LogP contribution < -0.4 is 9.47 Å². The van der Waals surface area contributed by atoms with Gasteiger partial charge in [-0.3, -0.25) is 9.80 Å². The highest BCUT2D eigenvalue weighted by atomic mass is 16.5. The van der Waals surface area contributed by atoms with Crippen molar-refractivity contribution in [1.29, 1.82) is 0 Å². The van der Waals surface area contributed by atoms with Crippen LogP contribution >= 0.6 is 0 Å². The van der Waals surface area contributed by atoms with E-state index in [-0.39, 0.29) is 6.61 Å². The van der Waals surface area contributed by atoms with Crippen LogP contribution in [0, 0.1) is 6.92 Å². The van der Waals surface area contributed by atoms with Crippen molar-refractivity contribution in [3.8, 4) is 11.5 Å². The topological polar surface area (TPSA) is 45.2 Å². The van der Waals surface area contributed by atoms with Crippen molar-refractivity contribution in [3.05, 3.63) is 59.2 Å². The maximum Gasteiger partial charge on any atom is 0.122 e. The zero-order valence-corrected chi connectivity index (χ0v) is 17.2. The van der Waals surface area contributed by atoms with Gasteiger partial charge in [-0.15, -0.1) is 0 Å². The molecule has 0 radical (unpaired) electrons. The number of aliphatic hydroxyl groups excluding tert-OH is 1. The molecule has 3 rings (SSSR count). The van der Waals surface area contributed by atoms with Crippen LogP contribution in [0.3, 0.4) is 0 Å². The molecule has 1 atom stereocenters. The monoisotopic (exact) mass is 384 g/mol. The van der Waals surface area contributed by atoms with Gasteiger partial charge in [0, 0.05) is 51.4 Å². The molecular formula is C23H32N2O3. The van der Waals surface area contributed by atoms with Crippen molar-refractivity contribution in [3.63, 3.8) is 0 Å². The first-order valence-electron chi connectivity index (χ1n) is 9.96. The Morgan fingerprint density at radius 2 is 1.71 bits per heavy atom. The lowest BCUT2D eigenvalue weighted by atomic mass is 10.1. The third-order valence-electron chi connectivity index (χ3n) is 5.44. The van der Waals surface area contributed by atoms with Gasteiger partial charge in [0.1, 0.15) is 11.5 Å². The second-order valence-corrected chi connectivity index (χ2v) is 7.58. The maximum atomic E-state index is 9.59. The molecule has 1 saturated heterocycles. The van der Waals surface area contributed by atoms with E-state index in [2.05, 4.69) is 53.1 Å². The number of nitrogens with zero attached hydrogens (tertiary/aromatic N) is 2. The Labute approximate surface area is 168 Å². The van der Waals surface area contributed by atoms with Gasteiger partial charge in [0.15, 0.2) is 0 Å². The summed E-state index contributed by atoms with van der Waals surface area (Å²) in [5.74, 6) is 1.62. The van der Waals surface area contributed by atoms with Crippen LogP contribution in [0.5, 0.6) is 11.5 Å². The molecule has 1 aliphatic rings. The van der Waals surface area contributed by atoms with Crippen LogP contribution in [-0.4, -0.2) is 61.4 Å². The van der Waals surface area contributed by atoms with Crippen molar-refractivity contribution in [2.75, 3.05) is 40.5 Å². The van der Waals surface area contributed by atoms with Crippen molar-refractivity contribution in [2.24, 2.45) is 0 Å². The fourth-order valence-electron chi connectivity index (χ4n) is 3.99. The van der Waals surface area contributed by atoms with E-state index in [4.69, 9.17) is 9.47 Å². The molecule has 5 nitrogen and oxygen atoms in total. The van der Waals surface area contributed by atoms with Gasteiger partial charge in [0.05, 0.1) is 14.2 Å². The fourth-order valence-corrected chi connectivity index (χ4v) is 3.99. The van der Waals surface area contributed by atoms with Crippen LogP contribution in [0.4, 0.5) is 0 Å². The summed E-state index contributed by atoms with van der Waals surface area (Å²) in [6.45, 7) is 7.11. The summed E-state index contributed by atoms with van der Waals surface area (Å²) in [6.07, 6.45) is 0.783. The molecule has 152 valence electrons. The minimum Gasteiger partial charge on any atom is -0.497 e. The zero-order valence-electron chi connectivity index (χ0n) is 17.2. The molecule has 0 saturated carbocycles. The van der Waals surface area contributed by atoms with Crippen molar-refractivity contribution < 1.29 is 14.6 Å². The molecular weight excluding hydrogens is 352 g/mol. The molecule has 0 bridgehead atoms. The van der Waals surface area contributed by atoms with Gasteiger partial charge < -0.3 is 14.6 Å². The number of hydrogen-bond donors (Lipinski definition) is 1. The van der Waals surface area contributed by atoms with E-state index < -0.39 is 0 Å². The highest BCUT2D eigenvalue weighted by Crippen LogP contribution is 2.25. The summed E-state index contributed by atoms with van der Waals surface area (Å²) < 4.78 is 10.8. The normalized spacial score (nSPS) is 18.2. The molecule has 1 N–H and O–H groups in total. The van der Waals surface area contributed by atoms with Gasteiger partial charge in [-0.25, -0.2) is 0 Å². The average molecular weight is 385 g/mol. The van der Waals surface area contributed by atoms with E-state index in [1.54, 1.807) is 14.2 Å². The van der Waals surface area contributed by atoms with Crippen LogP contribution in [0.1, 0.15) is 23.1 Å². The molecule has 0 aromatic heterocycles. The predicted octanol–water partition coefficient (Wildman–Crippen LogP) is 3.08. The van der Waals surface area contributed by atoms with Gasteiger partial charge in [0.25, 0.3) is 0 Å². The lowest BCUT2D eigenvalue weighted by Gasteiger charge is -2.41. The molecule has 0 aliphatic carbocycles. The van der Waals surface area contributed by atoms with E-state index >= 15 is 0 Å². The SMILES string of the molecule is COc1cc(CN2CCN(Cc3cccc(C)c3)C[C@H]2CCO)cc(OC)c1. The van der Waals surface area contributed by atoms with Gasteiger partial charge in [-0.05, 0) is 36.6 Å². The van der Waals surface area contributed by atoms with Gasteiger partial charge in [-0.1, -0.05) is 29.8 Å². The summed E-state index contributed by atoms with van der Waals surface area (Å²) in [5.41, 5.74) is 3.83. The first-order valence-corrected chi connectivity index (χ1v) is 9.96. The molecule has 5 heteroatoms. The number of rotatable bonds is 8. The smallest absolute Gasteiger partial charge is 0.122 e. The summed E-state index contributed by atoms with van der Waals surface area (Å²) >= 11 is 0. The minimum absolute atomic E-state index is 0.209. The lowest BCUT2D eigenvalue weighted by molar-refractivity contribution is 0.0499. The van der Waals surface area contributed by atoms with E-state index in [0.717, 1.165) is 50.6 Å². The number of benzene rings is 2. The first kappa shape index (κ1) is 20.6. The molecule has 0 amide bonds. The summed E-state index contributed by atoms with van der Waals surface area (Å²) in [5, 5.41) is 9.59. The van der Waals surface area contributed by atoms with Crippen molar-refractivity contribution in [1.82, 2.24) is 9.80 Å². The highest BCUT2D eigenvalue weighted by Gasteiger charge is 2.27. The Bertz CT molecular complexity index is 743. The second-order valence-electron chi connectivity index (χ2n) is 7.58. The van der Waals surface area contributed by atoms with E-state index in [9.17, 15) is 5.11 Å². The van der Waals surface area contributed by atoms with Crippen LogP contribution in [-0.2, 0) is 13.1 Å². The summed E-state index contributed by atoms with van der Waals surface area (Å²) in [4.78, 5) is 4.97. The second kappa shape index (κ2) is 9.92. The van der Waals surface area contributed by atoms with Crippen LogP contribution in [0.2, 0.25) is 0 Å². The quantitative estimate of drug-likeness (QED) is 0.758. The number of aliphatic hydroxyl groups is 1. The van der Waals surface area contributed by atoms with E-state index in [1.807, 2.05) is 6.07 Å². The largest absolute Gasteiger partial charge is 0.497 e.